The fourth-order valence-electron chi connectivity index (χ4n) is 1.31. The van der Waals surface area contributed by atoms with E-state index in [0.29, 0.717) is 0 Å². The molecule has 1 unspecified atom stereocenters. The van der Waals surface area contributed by atoms with Crippen LogP contribution >= 0.6 is 9.39 Å². The molecule has 0 bridgehead atoms. The van der Waals surface area contributed by atoms with Crippen LogP contribution in [0.1, 0.15) is 5.69 Å². The minimum atomic E-state index is 1.27. The Morgan fingerprint density at radius 3 is 2.73 bits per heavy atom. The molecule has 0 saturated carbocycles. The monoisotopic (exact) mass is 163 g/mol. The summed E-state index contributed by atoms with van der Waals surface area (Å²) in [7, 11) is 2.70. The number of aromatic nitrogens is 1. The van der Waals surface area contributed by atoms with E-state index in [-0.39, 0.29) is 0 Å². The molecule has 1 aromatic heterocycles. The minimum Gasteiger partial charge on any atom is -0.329 e. The fourth-order valence-corrected chi connectivity index (χ4v) is 1.62. The Hall–Kier alpha value is -0.810. The van der Waals surface area contributed by atoms with E-state index in [9.17, 15) is 0 Å². The molecule has 1 aromatic carbocycles. The third kappa shape index (κ3) is 0.965. The third-order valence-corrected chi connectivity index (χ3v) is 2.63. The Bertz CT molecular complexity index is 389. The average molecular weight is 163 g/mol. The lowest BCUT2D eigenvalue weighted by molar-refractivity contribution is 1.22. The summed E-state index contributed by atoms with van der Waals surface area (Å²) in [6, 6.07) is 10.6. The summed E-state index contributed by atoms with van der Waals surface area (Å²) in [4.78, 5) is 0. The topological polar surface area (TPSA) is 4.93 Å². The first-order valence-electron chi connectivity index (χ1n) is 3.61. The van der Waals surface area contributed by atoms with Crippen molar-refractivity contribution in [2.24, 2.45) is 0 Å². The number of fused-ring (bicyclic) bond motifs is 1. The molecule has 56 valence electrons. The highest BCUT2D eigenvalue weighted by Gasteiger charge is 1.98. The van der Waals surface area contributed by atoms with Gasteiger partial charge in [-0.2, -0.15) is 0 Å². The van der Waals surface area contributed by atoms with Crippen LogP contribution in [0.25, 0.3) is 10.9 Å². The molecule has 0 aliphatic rings. The Labute approximate surface area is 68.3 Å². The molecule has 2 heteroatoms. The van der Waals surface area contributed by atoms with Crippen LogP contribution in [-0.2, 0) is 0 Å². The number of rotatable bonds is 0. The van der Waals surface area contributed by atoms with Gasteiger partial charge in [-0.25, -0.2) is 0 Å². The molecule has 0 radical (unpaired) electrons. The Kier molecular flexibility index (Phi) is 1.47. The van der Waals surface area contributed by atoms with Crippen molar-refractivity contribution in [1.82, 2.24) is 4.34 Å². The highest BCUT2D eigenvalue weighted by Crippen LogP contribution is 2.20. The second-order valence-electron chi connectivity index (χ2n) is 2.71. The predicted molar refractivity (Wildman–Crippen MR) is 51.8 cm³/mol. The normalized spacial score (nSPS) is 10.7. The van der Waals surface area contributed by atoms with Crippen molar-refractivity contribution in [3.05, 3.63) is 36.0 Å². The predicted octanol–water partition coefficient (Wildman–Crippen LogP) is 2.59. The van der Waals surface area contributed by atoms with E-state index in [1.165, 1.54) is 16.6 Å². The summed E-state index contributed by atoms with van der Waals surface area (Å²) >= 11 is 0. The zero-order chi connectivity index (χ0) is 7.84. The highest BCUT2D eigenvalue weighted by molar-refractivity contribution is 7.15. The number of hydrogen-bond donors (Lipinski definition) is 0. The average Bonchev–Trinajstić information content (AvgIpc) is 2.30. The van der Waals surface area contributed by atoms with Gasteiger partial charge < -0.3 is 4.34 Å². The van der Waals surface area contributed by atoms with Gasteiger partial charge >= 0.3 is 0 Å². The zero-order valence-corrected chi connectivity index (χ0v) is 7.57. The van der Waals surface area contributed by atoms with Gasteiger partial charge in [0.05, 0.1) is 5.52 Å². The SMILES string of the molecule is Cc1cc2ccccc2n1P. The lowest BCUT2D eigenvalue weighted by Gasteiger charge is -1.95. The van der Waals surface area contributed by atoms with E-state index in [1.807, 2.05) is 0 Å². The van der Waals surface area contributed by atoms with Crippen molar-refractivity contribution in [3.8, 4) is 0 Å². The molecule has 0 amide bonds. The highest BCUT2D eigenvalue weighted by atomic mass is 31.0. The van der Waals surface area contributed by atoms with Gasteiger partial charge in [-0.1, -0.05) is 18.2 Å². The van der Waals surface area contributed by atoms with Crippen LogP contribution in [0.3, 0.4) is 0 Å². The van der Waals surface area contributed by atoms with Crippen molar-refractivity contribution in [1.29, 1.82) is 0 Å². The molecular formula is C9H10NP. The fraction of sp³-hybridized carbons (Fsp3) is 0.111. The largest absolute Gasteiger partial charge is 0.329 e. The number of benzene rings is 1. The molecule has 1 atom stereocenters. The van der Waals surface area contributed by atoms with Gasteiger partial charge in [-0.05, 0) is 28.4 Å². The molecule has 0 saturated heterocycles. The van der Waals surface area contributed by atoms with Crippen LogP contribution in [-0.4, -0.2) is 4.34 Å². The van der Waals surface area contributed by atoms with Gasteiger partial charge in [-0.3, -0.25) is 0 Å². The summed E-state index contributed by atoms with van der Waals surface area (Å²) in [5.74, 6) is 0. The van der Waals surface area contributed by atoms with Crippen LogP contribution < -0.4 is 0 Å². The first kappa shape index (κ1) is 6.87. The van der Waals surface area contributed by atoms with Gasteiger partial charge in [0.25, 0.3) is 0 Å². The van der Waals surface area contributed by atoms with Crippen molar-refractivity contribution in [3.63, 3.8) is 0 Å². The molecule has 0 aliphatic heterocycles. The Morgan fingerprint density at radius 1 is 1.27 bits per heavy atom. The quantitative estimate of drug-likeness (QED) is 0.526. The molecule has 0 aliphatic carbocycles. The summed E-state index contributed by atoms with van der Waals surface area (Å²) in [6.45, 7) is 2.10. The lowest BCUT2D eigenvalue weighted by atomic mass is 10.2. The third-order valence-electron chi connectivity index (χ3n) is 1.94. The molecule has 2 aromatic rings. The van der Waals surface area contributed by atoms with E-state index in [4.69, 9.17) is 0 Å². The van der Waals surface area contributed by atoms with E-state index in [0.717, 1.165) is 0 Å². The lowest BCUT2D eigenvalue weighted by Crippen LogP contribution is -1.78. The summed E-state index contributed by atoms with van der Waals surface area (Å²) in [5.41, 5.74) is 2.55. The van der Waals surface area contributed by atoms with E-state index < -0.39 is 0 Å². The molecule has 0 fully saturated rings. The minimum absolute atomic E-state index is 1.27. The van der Waals surface area contributed by atoms with Crippen molar-refractivity contribution in [2.45, 2.75) is 6.92 Å². The van der Waals surface area contributed by atoms with Gasteiger partial charge in [0.15, 0.2) is 0 Å². The van der Waals surface area contributed by atoms with E-state index in [2.05, 4.69) is 51.0 Å². The van der Waals surface area contributed by atoms with Crippen molar-refractivity contribution < 1.29 is 0 Å². The first-order valence-corrected chi connectivity index (χ1v) is 4.13. The maximum absolute atomic E-state index is 2.70. The molecule has 11 heavy (non-hydrogen) atoms. The number of nitrogens with zero attached hydrogens (tertiary/aromatic N) is 1. The van der Waals surface area contributed by atoms with Crippen molar-refractivity contribution >= 4 is 20.3 Å². The first-order chi connectivity index (χ1) is 5.29. The standard InChI is InChI=1S/C9H10NP/c1-7-6-8-4-2-3-5-9(8)10(7)11/h2-6H,11H2,1H3. The Morgan fingerprint density at radius 2 is 2.00 bits per heavy atom. The van der Waals surface area contributed by atoms with Crippen LogP contribution in [0.15, 0.2) is 30.3 Å². The summed E-state index contributed by atoms with van der Waals surface area (Å²) in [6.07, 6.45) is 0. The van der Waals surface area contributed by atoms with E-state index >= 15 is 0 Å². The second-order valence-corrected chi connectivity index (χ2v) is 3.23. The number of aryl methyl sites for hydroxylation is 1. The molecule has 0 N–H and O–H groups in total. The summed E-state index contributed by atoms with van der Waals surface area (Å²) < 4.78 is 2.12. The smallest absolute Gasteiger partial charge is 0.0511 e. The Balaban J connectivity index is 2.92. The van der Waals surface area contributed by atoms with Crippen LogP contribution in [0.5, 0.6) is 0 Å². The van der Waals surface area contributed by atoms with Crippen LogP contribution in [0, 0.1) is 6.92 Å². The number of para-hydroxylation sites is 1. The molecule has 0 spiro atoms. The molecule has 1 nitrogen and oxygen atoms in total. The molecule has 2 rings (SSSR count). The van der Waals surface area contributed by atoms with Gasteiger partial charge in [0.1, 0.15) is 0 Å². The van der Waals surface area contributed by atoms with Gasteiger partial charge in [0.2, 0.25) is 0 Å². The zero-order valence-electron chi connectivity index (χ0n) is 6.41. The second kappa shape index (κ2) is 2.35. The van der Waals surface area contributed by atoms with Gasteiger partial charge in [-0.15, -0.1) is 0 Å². The van der Waals surface area contributed by atoms with Crippen molar-refractivity contribution in [2.75, 3.05) is 0 Å². The van der Waals surface area contributed by atoms with Gasteiger partial charge in [0, 0.05) is 11.1 Å². The van der Waals surface area contributed by atoms with Crippen LogP contribution in [0.4, 0.5) is 0 Å². The summed E-state index contributed by atoms with van der Waals surface area (Å²) in [5, 5.41) is 1.31. The van der Waals surface area contributed by atoms with Crippen LogP contribution in [0.2, 0.25) is 0 Å². The maximum atomic E-state index is 2.70. The maximum Gasteiger partial charge on any atom is 0.0511 e. The number of hydrogen-bond acceptors (Lipinski definition) is 0. The molecular weight excluding hydrogens is 153 g/mol. The van der Waals surface area contributed by atoms with E-state index in [1.54, 1.807) is 0 Å². The molecule has 1 heterocycles.